The summed E-state index contributed by atoms with van der Waals surface area (Å²) in [5.74, 6) is 0. The lowest BCUT2D eigenvalue weighted by Crippen LogP contribution is -1.90. The van der Waals surface area contributed by atoms with Gasteiger partial charge in [-0.05, 0) is 58.7 Å². The zero-order chi connectivity index (χ0) is 9.68. The summed E-state index contributed by atoms with van der Waals surface area (Å²) < 4.78 is 1.38. The van der Waals surface area contributed by atoms with Gasteiger partial charge >= 0.3 is 0 Å². The third-order valence-electron chi connectivity index (χ3n) is 2.09. The van der Waals surface area contributed by atoms with E-state index in [0.717, 1.165) is 0 Å². The van der Waals surface area contributed by atoms with Crippen LogP contribution in [0.1, 0.15) is 37.8 Å². The topological polar surface area (TPSA) is 0 Å². The van der Waals surface area contributed by atoms with Crippen molar-refractivity contribution in [1.29, 1.82) is 0 Å². The van der Waals surface area contributed by atoms with Gasteiger partial charge in [-0.3, -0.25) is 0 Å². The molecule has 0 aromatic heterocycles. The molecule has 0 saturated heterocycles. The number of hydrogen-bond acceptors (Lipinski definition) is 0. The molecular weight excluding hydrogens is 271 g/mol. The summed E-state index contributed by atoms with van der Waals surface area (Å²) in [7, 11) is 0. The summed E-state index contributed by atoms with van der Waals surface area (Å²) >= 11 is 2.41. The highest BCUT2D eigenvalue weighted by Crippen LogP contribution is 2.15. The highest BCUT2D eigenvalue weighted by atomic mass is 127. The Hall–Kier alpha value is -0.0500. The third kappa shape index (κ3) is 3.67. The largest absolute Gasteiger partial charge is 0.0651 e. The van der Waals surface area contributed by atoms with Gasteiger partial charge in [-0.1, -0.05) is 32.8 Å². The van der Waals surface area contributed by atoms with Gasteiger partial charge in [0.15, 0.2) is 0 Å². The maximum absolute atomic E-state index is 2.41. The van der Waals surface area contributed by atoms with Gasteiger partial charge in [0.2, 0.25) is 0 Å². The predicted molar refractivity (Wildman–Crippen MR) is 67.1 cm³/mol. The van der Waals surface area contributed by atoms with Gasteiger partial charge in [0.25, 0.3) is 0 Å². The Bertz CT molecular complexity index is 242. The Morgan fingerprint density at radius 2 is 1.38 bits per heavy atom. The van der Waals surface area contributed by atoms with E-state index >= 15 is 0 Å². The van der Waals surface area contributed by atoms with E-state index < -0.39 is 0 Å². The summed E-state index contributed by atoms with van der Waals surface area (Å²) in [5.41, 5.74) is 3.00. The van der Waals surface area contributed by atoms with Crippen molar-refractivity contribution in [1.82, 2.24) is 0 Å². The van der Waals surface area contributed by atoms with Gasteiger partial charge < -0.3 is 0 Å². The second-order valence-electron chi connectivity index (χ2n) is 3.47. The lowest BCUT2D eigenvalue weighted by atomic mass is 10.0. The molecule has 0 nitrogen and oxygen atoms in total. The van der Waals surface area contributed by atoms with Crippen molar-refractivity contribution in [3.63, 3.8) is 0 Å². The molecule has 0 aliphatic carbocycles. The van der Waals surface area contributed by atoms with E-state index in [-0.39, 0.29) is 0 Å². The van der Waals surface area contributed by atoms with Crippen LogP contribution in [0.2, 0.25) is 0 Å². The third-order valence-corrected chi connectivity index (χ3v) is 2.72. The molecule has 0 unspecified atom stereocenters. The first kappa shape index (κ1) is 11.0. The van der Waals surface area contributed by atoms with E-state index in [0.29, 0.717) is 0 Å². The molecule has 0 saturated carbocycles. The molecule has 0 radical (unpaired) electrons. The fourth-order valence-corrected chi connectivity index (χ4v) is 2.38. The predicted octanol–water partition coefficient (Wildman–Crippen LogP) is 4.20. The molecule has 0 bridgehead atoms. The van der Waals surface area contributed by atoms with Crippen molar-refractivity contribution < 1.29 is 0 Å². The summed E-state index contributed by atoms with van der Waals surface area (Å²) in [6, 6.07) is 6.95. The molecule has 0 amide bonds. The number of halogens is 1. The average molecular weight is 288 g/mol. The second kappa shape index (κ2) is 5.63. The Morgan fingerprint density at radius 1 is 0.923 bits per heavy atom. The fraction of sp³-hybridized carbons (Fsp3) is 0.500. The van der Waals surface area contributed by atoms with Crippen molar-refractivity contribution >= 4 is 22.6 Å². The maximum atomic E-state index is 2.41. The standard InChI is InChI=1S/C12H17I/c1-3-5-10-7-11(6-4-2)9-12(13)8-10/h7-9H,3-6H2,1-2H3. The molecule has 0 aliphatic heterocycles. The number of aryl methyl sites for hydroxylation is 2. The van der Waals surface area contributed by atoms with Crippen molar-refractivity contribution in [2.24, 2.45) is 0 Å². The van der Waals surface area contributed by atoms with Crippen LogP contribution in [0.15, 0.2) is 18.2 Å². The minimum Gasteiger partial charge on any atom is -0.0651 e. The fourth-order valence-electron chi connectivity index (χ4n) is 1.58. The van der Waals surface area contributed by atoms with E-state index in [4.69, 9.17) is 0 Å². The SMILES string of the molecule is CCCc1cc(I)cc(CCC)c1. The van der Waals surface area contributed by atoms with Crippen LogP contribution < -0.4 is 0 Å². The molecule has 1 heteroatoms. The van der Waals surface area contributed by atoms with Crippen LogP contribution in [-0.4, -0.2) is 0 Å². The Morgan fingerprint density at radius 3 is 1.77 bits per heavy atom. The Balaban J connectivity index is 2.83. The average Bonchev–Trinajstić information content (AvgIpc) is 2.04. The minimum absolute atomic E-state index is 1.22. The summed E-state index contributed by atoms with van der Waals surface area (Å²) in [4.78, 5) is 0. The van der Waals surface area contributed by atoms with E-state index in [2.05, 4.69) is 54.6 Å². The monoisotopic (exact) mass is 288 g/mol. The molecule has 0 N–H and O–H groups in total. The van der Waals surface area contributed by atoms with E-state index in [1.54, 1.807) is 0 Å². The molecule has 0 fully saturated rings. The van der Waals surface area contributed by atoms with Crippen LogP contribution in [0, 0.1) is 3.57 Å². The molecule has 72 valence electrons. The molecule has 1 aromatic carbocycles. The quantitative estimate of drug-likeness (QED) is 0.728. The summed E-state index contributed by atoms with van der Waals surface area (Å²) in [6.45, 7) is 4.47. The van der Waals surface area contributed by atoms with Crippen LogP contribution in [0.25, 0.3) is 0 Å². The van der Waals surface area contributed by atoms with E-state index in [1.807, 2.05) is 0 Å². The second-order valence-corrected chi connectivity index (χ2v) is 4.71. The van der Waals surface area contributed by atoms with Crippen molar-refractivity contribution in [3.8, 4) is 0 Å². The molecule has 0 spiro atoms. The van der Waals surface area contributed by atoms with Crippen LogP contribution in [0.4, 0.5) is 0 Å². The van der Waals surface area contributed by atoms with Crippen LogP contribution >= 0.6 is 22.6 Å². The van der Waals surface area contributed by atoms with Crippen molar-refractivity contribution in [2.75, 3.05) is 0 Å². The van der Waals surface area contributed by atoms with Gasteiger partial charge in [-0.25, -0.2) is 0 Å². The minimum atomic E-state index is 1.22. The number of benzene rings is 1. The van der Waals surface area contributed by atoms with Crippen molar-refractivity contribution in [2.45, 2.75) is 39.5 Å². The zero-order valence-corrected chi connectivity index (χ0v) is 10.6. The molecule has 13 heavy (non-hydrogen) atoms. The molecule has 0 atom stereocenters. The van der Waals surface area contributed by atoms with Crippen LogP contribution in [0.3, 0.4) is 0 Å². The van der Waals surface area contributed by atoms with Gasteiger partial charge in [-0.15, -0.1) is 0 Å². The van der Waals surface area contributed by atoms with Gasteiger partial charge in [-0.2, -0.15) is 0 Å². The van der Waals surface area contributed by atoms with E-state index in [9.17, 15) is 0 Å². The Kier molecular flexibility index (Phi) is 4.78. The highest BCUT2D eigenvalue weighted by molar-refractivity contribution is 14.1. The number of hydrogen-bond donors (Lipinski definition) is 0. The molecule has 0 aliphatic rings. The molecule has 0 heterocycles. The van der Waals surface area contributed by atoms with Crippen molar-refractivity contribution in [3.05, 3.63) is 32.9 Å². The molecular formula is C12H17I. The maximum Gasteiger partial charge on any atom is 0.0135 e. The lowest BCUT2D eigenvalue weighted by Gasteiger charge is -2.04. The summed E-state index contributed by atoms with van der Waals surface area (Å²) in [5, 5.41) is 0. The zero-order valence-electron chi connectivity index (χ0n) is 8.44. The lowest BCUT2D eigenvalue weighted by molar-refractivity contribution is 0.894. The number of rotatable bonds is 4. The van der Waals surface area contributed by atoms with Crippen LogP contribution in [-0.2, 0) is 12.8 Å². The molecule has 1 aromatic rings. The van der Waals surface area contributed by atoms with Gasteiger partial charge in [0.05, 0.1) is 0 Å². The Labute approximate surface area is 94.9 Å². The normalized spacial score (nSPS) is 10.4. The first-order valence-electron chi connectivity index (χ1n) is 5.04. The van der Waals surface area contributed by atoms with Crippen LogP contribution in [0.5, 0.6) is 0 Å². The van der Waals surface area contributed by atoms with E-state index in [1.165, 1.54) is 40.4 Å². The smallest absolute Gasteiger partial charge is 0.0135 e. The summed E-state index contributed by atoms with van der Waals surface area (Å²) in [6.07, 6.45) is 4.92. The van der Waals surface area contributed by atoms with Gasteiger partial charge in [0, 0.05) is 3.57 Å². The molecule has 1 rings (SSSR count). The van der Waals surface area contributed by atoms with Gasteiger partial charge in [0.1, 0.15) is 0 Å². The highest BCUT2D eigenvalue weighted by Gasteiger charge is 1.97. The first-order valence-corrected chi connectivity index (χ1v) is 6.12. The first-order chi connectivity index (χ1) is 6.26.